The third-order valence-electron chi connectivity index (χ3n) is 3.84. The van der Waals surface area contributed by atoms with E-state index in [0.717, 1.165) is 54.0 Å². The van der Waals surface area contributed by atoms with Gasteiger partial charge in [-0.1, -0.05) is 15.9 Å². The molecular formula is C15H19BrClN3O. The van der Waals surface area contributed by atoms with Crippen molar-refractivity contribution in [1.29, 1.82) is 0 Å². The summed E-state index contributed by atoms with van der Waals surface area (Å²) in [5.41, 5.74) is 2.16. The van der Waals surface area contributed by atoms with Crippen LogP contribution in [0.15, 0.2) is 22.7 Å². The second kappa shape index (κ2) is 6.65. The molecule has 0 bridgehead atoms. The van der Waals surface area contributed by atoms with Crippen molar-refractivity contribution >= 4 is 38.6 Å². The number of hydrogen-bond donors (Lipinski definition) is 0. The Morgan fingerprint density at radius 3 is 3.10 bits per heavy atom. The van der Waals surface area contributed by atoms with Gasteiger partial charge in [0.1, 0.15) is 5.82 Å². The predicted molar refractivity (Wildman–Crippen MR) is 89.1 cm³/mol. The normalized spacial score (nSPS) is 20.2. The molecule has 1 aromatic carbocycles. The number of benzene rings is 1. The van der Waals surface area contributed by atoms with Gasteiger partial charge in [-0.3, -0.25) is 0 Å². The second-order valence-electron chi connectivity index (χ2n) is 5.47. The SMILES string of the molecule is CN1CCOC(Cn2c(CCCl)nc3ccc(Br)cc32)C1. The summed E-state index contributed by atoms with van der Waals surface area (Å²) in [4.78, 5) is 7.03. The third kappa shape index (κ3) is 3.42. The smallest absolute Gasteiger partial charge is 0.111 e. The summed E-state index contributed by atoms with van der Waals surface area (Å²) < 4.78 is 9.22. The number of morpholine rings is 1. The Kier molecular flexibility index (Phi) is 4.84. The number of nitrogens with zero attached hydrogens (tertiary/aromatic N) is 3. The fourth-order valence-corrected chi connectivity index (χ4v) is 3.32. The number of hydrogen-bond acceptors (Lipinski definition) is 3. The van der Waals surface area contributed by atoms with Crippen molar-refractivity contribution < 1.29 is 4.74 Å². The van der Waals surface area contributed by atoms with Crippen LogP contribution in [-0.2, 0) is 17.7 Å². The average Bonchev–Trinajstić information content (AvgIpc) is 2.77. The van der Waals surface area contributed by atoms with Crippen LogP contribution in [0.4, 0.5) is 0 Å². The monoisotopic (exact) mass is 371 g/mol. The van der Waals surface area contributed by atoms with Crippen LogP contribution < -0.4 is 0 Å². The number of alkyl halides is 1. The first kappa shape index (κ1) is 15.3. The topological polar surface area (TPSA) is 30.3 Å². The fourth-order valence-electron chi connectivity index (χ4n) is 2.81. The molecular weight excluding hydrogens is 354 g/mol. The number of ether oxygens (including phenoxy) is 1. The van der Waals surface area contributed by atoms with E-state index >= 15 is 0 Å². The van der Waals surface area contributed by atoms with Crippen LogP contribution in [0.3, 0.4) is 0 Å². The maximum Gasteiger partial charge on any atom is 0.111 e. The minimum atomic E-state index is 0.203. The van der Waals surface area contributed by atoms with Crippen molar-refractivity contribution in [2.75, 3.05) is 32.6 Å². The zero-order valence-corrected chi connectivity index (χ0v) is 14.4. The van der Waals surface area contributed by atoms with Crippen molar-refractivity contribution in [3.05, 3.63) is 28.5 Å². The van der Waals surface area contributed by atoms with Crippen molar-refractivity contribution in [2.45, 2.75) is 19.1 Å². The number of fused-ring (bicyclic) bond motifs is 1. The lowest BCUT2D eigenvalue weighted by Crippen LogP contribution is -2.42. The minimum absolute atomic E-state index is 0.203. The van der Waals surface area contributed by atoms with Crippen LogP contribution in [0.1, 0.15) is 5.82 Å². The molecule has 1 atom stereocenters. The van der Waals surface area contributed by atoms with Crippen LogP contribution in [0.2, 0.25) is 0 Å². The third-order valence-corrected chi connectivity index (χ3v) is 4.52. The standard InChI is InChI=1S/C15H19BrClN3O/c1-19-6-7-21-12(9-19)10-20-14-8-11(16)2-3-13(14)18-15(20)4-5-17/h2-3,8,12H,4-7,9-10H2,1H3. The van der Waals surface area contributed by atoms with E-state index in [4.69, 9.17) is 21.3 Å². The van der Waals surface area contributed by atoms with Crippen LogP contribution >= 0.6 is 27.5 Å². The summed E-state index contributed by atoms with van der Waals surface area (Å²) in [5, 5.41) is 0. The van der Waals surface area contributed by atoms with E-state index < -0.39 is 0 Å². The molecule has 0 aliphatic carbocycles. The molecule has 0 saturated carbocycles. The number of aryl methyl sites for hydroxylation is 1. The number of aromatic nitrogens is 2. The lowest BCUT2D eigenvalue weighted by Gasteiger charge is -2.30. The summed E-state index contributed by atoms with van der Waals surface area (Å²) in [5.74, 6) is 1.62. The van der Waals surface area contributed by atoms with Crippen LogP contribution in [0, 0.1) is 0 Å². The van der Waals surface area contributed by atoms with Gasteiger partial charge < -0.3 is 14.2 Å². The molecule has 21 heavy (non-hydrogen) atoms. The molecule has 4 nitrogen and oxygen atoms in total. The van der Waals surface area contributed by atoms with E-state index in [1.54, 1.807) is 0 Å². The lowest BCUT2D eigenvalue weighted by molar-refractivity contribution is -0.0272. The fraction of sp³-hybridized carbons (Fsp3) is 0.533. The molecule has 114 valence electrons. The molecule has 1 aromatic heterocycles. The van der Waals surface area contributed by atoms with Gasteiger partial charge in [0.2, 0.25) is 0 Å². The Morgan fingerprint density at radius 2 is 2.33 bits per heavy atom. The molecule has 0 radical (unpaired) electrons. The van der Waals surface area contributed by atoms with Crippen molar-refractivity contribution in [1.82, 2.24) is 14.5 Å². The van der Waals surface area contributed by atoms with E-state index in [9.17, 15) is 0 Å². The van der Waals surface area contributed by atoms with Crippen LogP contribution in [0.5, 0.6) is 0 Å². The van der Waals surface area contributed by atoms with Gasteiger partial charge in [-0.2, -0.15) is 0 Å². The molecule has 6 heteroatoms. The maximum atomic E-state index is 5.93. The minimum Gasteiger partial charge on any atom is -0.374 e. The Bertz CT molecular complexity index is 631. The van der Waals surface area contributed by atoms with Gasteiger partial charge in [-0.25, -0.2) is 4.98 Å². The van der Waals surface area contributed by atoms with E-state index in [0.29, 0.717) is 5.88 Å². The average molecular weight is 373 g/mol. The summed E-state index contributed by atoms with van der Waals surface area (Å²) in [6, 6.07) is 6.18. The molecule has 1 unspecified atom stereocenters. The Morgan fingerprint density at radius 1 is 1.48 bits per heavy atom. The number of imidazole rings is 1. The molecule has 2 heterocycles. The first-order chi connectivity index (χ1) is 10.2. The number of halogens is 2. The zero-order chi connectivity index (χ0) is 14.8. The van der Waals surface area contributed by atoms with E-state index in [1.807, 2.05) is 12.1 Å². The van der Waals surface area contributed by atoms with Gasteiger partial charge in [0.05, 0.1) is 30.3 Å². The van der Waals surface area contributed by atoms with Gasteiger partial charge in [0.15, 0.2) is 0 Å². The summed E-state index contributed by atoms with van der Waals surface area (Å²) in [7, 11) is 2.14. The second-order valence-corrected chi connectivity index (χ2v) is 6.76. The maximum absolute atomic E-state index is 5.93. The van der Waals surface area contributed by atoms with Crippen molar-refractivity contribution in [3.63, 3.8) is 0 Å². The molecule has 1 saturated heterocycles. The summed E-state index contributed by atoms with van der Waals surface area (Å²) >= 11 is 9.47. The van der Waals surface area contributed by atoms with Crippen LogP contribution in [-0.4, -0.2) is 53.2 Å². The first-order valence-corrected chi connectivity index (χ1v) is 8.51. The van der Waals surface area contributed by atoms with Gasteiger partial charge in [-0.15, -0.1) is 11.6 Å². The highest BCUT2D eigenvalue weighted by Crippen LogP contribution is 2.23. The molecule has 1 aliphatic rings. The predicted octanol–water partition coefficient (Wildman–Crippen LogP) is 2.91. The van der Waals surface area contributed by atoms with Crippen molar-refractivity contribution in [3.8, 4) is 0 Å². The first-order valence-electron chi connectivity index (χ1n) is 7.18. The molecule has 2 aromatic rings. The highest BCUT2D eigenvalue weighted by atomic mass is 79.9. The van der Waals surface area contributed by atoms with Gasteiger partial charge >= 0.3 is 0 Å². The van der Waals surface area contributed by atoms with Gasteiger partial charge in [-0.05, 0) is 25.2 Å². The quantitative estimate of drug-likeness (QED) is 0.773. The summed E-state index contributed by atoms with van der Waals surface area (Å²) in [6.45, 7) is 3.57. The Hall–Kier alpha value is -0.620. The molecule has 0 N–H and O–H groups in total. The highest BCUT2D eigenvalue weighted by Gasteiger charge is 2.21. The van der Waals surface area contributed by atoms with Crippen molar-refractivity contribution in [2.24, 2.45) is 0 Å². The summed E-state index contributed by atoms with van der Waals surface area (Å²) in [6.07, 6.45) is 0.977. The molecule has 0 amide bonds. The largest absolute Gasteiger partial charge is 0.374 e. The van der Waals surface area contributed by atoms with E-state index in [1.165, 1.54) is 0 Å². The zero-order valence-electron chi connectivity index (χ0n) is 12.1. The molecule has 1 fully saturated rings. The molecule has 0 spiro atoms. The van der Waals surface area contributed by atoms with E-state index in [-0.39, 0.29) is 6.10 Å². The number of likely N-dealkylation sites (N-methyl/N-ethyl adjacent to an activating group) is 1. The van der Waals surface area contributed by atoms with Crippen LogP contribution in [0.25, 0.3) is 11.0 Å². The molecule has 3 rings (SSSR count). The molecule has 1 aliphatic heterocycles. The highest BCUT2D eigenvalue weighted by molar-refractivity contribution is 9.10. The Balaban J connectivity index is 1.94. The lowest BCUT2D eigenvalue weighted by atomic mass is 10.2. The van der Waals surface area contributed by atoms with Gasteiger partial charge in [0, 0.05) is 29.9 Å². The number of rotatable bonds is 4. The Labute approximate surface area is 138 Å². The van der Waals surface area contributed by atoms with Gasteiger partial charge in [0.25, 0.3) is 0 Å². The van der Waals surface area contributed by atoms with E-state index in [2.05, 4.69) is 38.5 Å².